The van der Waals surface area contributed by atoms with Crippen molar-refractivity contribution < 1.29 is 9.90 Å². The van der Waals surface area contributed by atoms with Gasteiger partial charge in [0.05, 0.1) is 12.2 Å². The van der Waals surface area contributed by atoms with Crippen LogP contribution in [0.1, 0.15) is 85.5 Å². The average molecular weight is 386 g/mol. The van der Waals surface area contributed by atoms with E-state index in [2.05, 4.69) is 33.8 Å². The summed E-state index contributed by atoms with van der Waals surface area (Å²) < 4.78 is 0. The maximum atomic E-state index is 13.8. The third-order valence-corrected chi connectivity index (χ3v) is 10.3. The van der Waals surface area contributed by atoms with Gasteiger partial charge in [0.15, 0.2) is 0 Å². The number of aliphatic hydroxyl groups is 1. The van der Waals surface area contributed by atoms with Gasteiger partial charge < -0.3 is 5.11 Å². The molecule has 0 aliphatic heterocycles. The first-order valence-electron chi connectivity index (χ1n) is 11.9. The molecular formula is C25H39NO2. The van der Waals surface area contributed by atoms with Crippen LogP contribution < -0.4 is 0 Å². The second kappa shape index (κ2) is 7.12. The second-order valence-corrected chi connectivity index (χ2v) is 11.3. The van der Waals surface area contributed by atoms with Gasteiger partial charge in [-0.1, -0.05) is 27.7 Å². The Kier molecular flexibility index (Phi) is 5.18. The van der Waals surface area contributed by atoms with Crippen molar-refractivity contribution in [1.82, 2.24) is 0 Å². The minimum Gasteiger partial charge on any atom is -0.393 e. The van der Waals surface area contributed by atoms with Gasteiger partial charge in [-0.2, -0.15) is 5.26 Å². The molecule has 0 spiro atoms. The van der Waals surface area contributed by atoms with Crippen molar-refractivity contribution in [2.24, 2.45) is 52.3 Å². The summed E-state index contributed by atoms with van der Waals surface area (Å²) in [4.78, 5) is 13.8. The molecule has 0 amide bonds. The molecule has 0 radical (unpaired) electrons. The van der Waals surface area contributed by atoms with E-state index >= 15 is 0 Å². The van der Waals surface area contributed by atoms with Crippen molar-refractivity contribution in [1.29, 1.82) is 5.26 Å². The van der Waals surface area contributed by atoms with E-state index in [9.17, 15) is 15.2 Å². The van der Waals surface area contributed by atoms with Gasteiger partial charge in [0.1, 0.15) is 5.78 Å². The molecule has 0 aromatic heterocycles. The molecule has 10 atom stereocenters. The van der Waals surface area contributed by atoms with Crippen LogP contribution in [0, 0.1) is 63.6 Å². The molecule has 4 saturated carbocycles. The normalized spacial score (nSPS) is 51.6. The molecule has 4 rings (SSSR count). The lowest BCUT2D eigenvalue weighted by Gasteiger charge is -2.62. The Morgan fingerprint density at radius 2 is 1.79 bits per heavy atom. The van der Waals surface area contributed by atoms with Crippen LogP contribution in [-0.2, 0) is 4.79 Å². The molecule has 3 nitrogen and oxygen atoms in total. The first-order chi connectivity index (χ1) is 13.3. The quantitative estimate of drug-likeness (QED) is 0.710. The number of ketones is 1. The molecule has 4 unspecified atom stereocenters. The predicted molar refractivity (Wildman–Crippen MR) is 110 cm³/mol. The number of aliphatic hydroxyl groups excluding tert-OH is 1. The highest BCUT2D eigenvalue weighted by molar-refractivity contribution is 5.86. The van der Waals surface area contributed by atoms with Crippen LogP contribution in [0.4, 0.5) is 0 Å². The third kappa shape index (κ3) is 2.73. The molecule has 3 heteroatoms. The minimum atomic E-state index is -0.215. The molecule has 4 fully saturated rings. The van der Waals surface area contributed by atoms with E-state index in [-0.39, 0.29) is 28.8 Å². The number of carbonyl (C=O) groups is 1. The molecule has 0 heterocycles. The summed E-state index contributed by atoms with van der Waals surface area (Å²) in [6.07, 6.45) is 8.91. The van der Waals surface area contributed by atoms with Gasteiger partial charge in [-0.25, -0.2) is 0 Å². The van der Waals surface area contributed by atoms with Gasteiger partial charge in [-0.3, -0.25) is 4.79 Å². The van der Waals surface area contributed by atoms with E-state index in [1.54, 1.807) is 0 Å². The first-order valence-corrected chi connectivity index (χ1v) is 11.9. The van der Waals surface area contributed by atoms with Crippen molar-refractivity contribution in [2.45, 2.75) is 91.6 Å². The largest absolute Gasteiger partial charge is 0.393 e. The highest BCUT2D eigenvalue weighted by Gasteiger charge is 2.64. The molecule has 4 aliphatic rings. The van der Waals surface area contributed by atoms with E-state index < -0.39 is 0 Å². The number of Topliss-reactive ketones (excluding diaryl/α,β-unsaturated/α-hetero) is 1. The molecule has 0 aromatic rings. The minimum absolute atomic E-state index is 0.138. The Hall–Kier alpha value is -0.880. The standard InChI is InChI=1S/C25H39NO2/c1-5-17-21-14-16(27)8-11-25(21,4)20-9-12-24(3)18(15(2)10-13-26)6-7-19(24)22(20)23(17)28/h15-22,27H,5-12,14H2,1-4H3/t15-,16-,17+,18?,19?,20?,21+,22?,24-,25-/m1/s1. The molecular weight excluding hydrogens is 346 g/mol. The number of fused-ring (bicyclic) bond motifs is 5. The SMILES string of the molecule is CC[C@@H]1C(=O)C2C3CCC([C@H](C)CC#N)[C@@]3(C)CCC2[C@@]2(C)CC[C@@H](O)C[C@@H]12. The highest BCUT2D eigenvalue weighted by Crippen LogP contribution is 2.68. The van der Waals surface area contributed by atoms with Crippen molar-refractivity contribution in [3.8, 4) is 6.07 Å². The molecule has 0 bridgehead atoms. The summed E-state index contributed by atoms with van der Waals surface area (Å²) in [5.74, 6) is 3.29. The smallest absolute Gasteiger partial charge is 0.139 e. The lowest BCUT2D eigenvalue weighted by Crippen LogP contribution is -2.60. The van der Waals surface area contributed by atoms with Gasteiger partial charge in [0.25, 0.3) is 0 Å². The van der Waals surface area contributed by atoms with Crippen molar-refractivity contribution in [2.75, 3.05) is 0 Å². The van der Waals surface area contributed by atoms with Crippen LogP contribution in [0.5, 0.6) is 0 Å². The summed E-state index contributed by atoms with van der Waals surface area (Å²) in [6.45, 7) is 9.35. The molecule has 0 aromatic carbocycles. The van der Waals surface area contributed by atoms with Crippen LogP contribution in [0.25, 0.3) is 0 Å². The maximum Gasteiger partial charge on any atom is 0.139 e. The number of carbonyl (C=O) groups excluding carboxylic acids is 1. The fourth-order valence-electron chi connectivity index (χ4n) is 8.90. The fraction of sp³-hybridized carbons (Fsp3) is 0.920. The van der Waals surface area contributed by atoms with Crippen LogP contribution in [0.15, 0.2) is 0 Å². The predicted octanol–water partition coefficient (Wildman–Crippen LogP) is 5.37. The van der Waals surface area contributed by atoms with Gasteiger partial charge in [-0.15, -0.1) is 0 Å². The lowest BCUT2D eigenvalue weighted by atomic mass is 9.42. The molecule has 28 heavy (non-hydrogen) atoms. The van der Waals surface area contributed by atoms with E-state index in [0.717, 1.165) is 25.7 Å². The van der Waals surface area contributed by atoms with Crippen molar-refractivity contribution >= 4 is 5.78 Å². The first kappa shape index (κ1) is 20.4. The number of nitriles is 1. The molecule has 156 valence electrons. The zero-order valence-electron chi connectivity index (χ0n) is 18.3. The van der Waals surface area contributed by atoms with Crippen LogP contribution in [0.3, 0.4) is 0 Å². The van der Waals surface area contributed by atoms with Crippen LogP contribution in [0.2, 0.25) is 0 Å². The van der Waals surface area contributed by atoms with Gasteiger partial charge in [0.2, 0.25) is 0 Å². The molecule has 1 N–H and O–H groups in total. The monoisotopic (exact) mass is 385 g/mol. The Bertz CT molecular complexity index is 668. The van der Waals surface area contributed by atoms with Gasteiger partial charge in [0, 0.05) is 18.3 Å². The van der Waals surface area contributed by atoms with Crippen LogP contribution >= 0.6 is 0 Å². The summed E-state index contributed by atoms with van der Waals surface area (Å²) >= 11 is 0. The third-order valence-electron chi connectivity index (χ3n) is 10.3. The topological polar surface area (TPSA) is 61.1 Å². The summed E-state index contributed by atoms with van der Waals surface area (Å²) in [5.41, 5.74) is 0.443. The number of nitrogens with zero attached hydrogens (tertiary/aromatic N) is 1. The Labute approximate surface area is 171 Å². The summed E-state index contributed by atoms with van der Waals surface area (Å²) in [6, 6.07) is 2.40. The zero-order chi connectivity index (χ0) is 20.3. The maximum absolute atomic E-state index is 13.8. The molecule has 0 saturated heterocycles. The molecule has 4 aliphatic carbocycles. The van der Waals surface area contributed by atoms with E-state index in [1.807, 2.05) is 0 Å². The summed E-state index contributed by atoms with van der Waals surface area (Å²) in [5, 5.41) is 19.6. The highest BCUT2D eigenvalue weighted by atomic mass is 16.3. The Morgan fingerprint density at radius 1 is 1.11 bits per heavy atom. The summed E-state index contributed by atoms with van der Waals surface area (Å²) in [7, 11) is 0. The van der Waals surface area contributed by atoms with Crippen LogP contribution in [-0.4, -0.2) is 17.0 Å². The fourth-order valence-corrected chi connectivity index (χ4v) is 8.90. The zero-order valence-corrected chi connectivity index (χ0v) is 18.3. The van der Waals surface area contributed by atoms with Crippen molar-refractivity contribution in [3.63, 3.8) is 0 Å². The second-order valence-electron chi connectivity index (χ2n) is 11.3. The Balaban J connectivity index is 1.69. The van der Waals surface area contributed by atoms with Gasteiger partial charge in [-0.05, 0) is 91.8 Å². The Morgan fingerprint density at radius 3 is 2.46 bits per heavy atom. The number of hydrogen-bond donors (Lipinski definition) is 1. The lowest BCUT2D eigenvalue weighted by molar-refractivity contribution is -0.173. The van der Waals surface area contributed by atoms with E-state index in [4.69, 9.17) is 0 Å². The average Bonchev–Trinajstić information content (AvgIpc) is 3.01. The number of rotatable bonds is 3. The number of hydrogen-bond acceptors (Lipinski definition) is 3. The van der Waals surface area contributed by atoms with Gasteiger partial charge >= 0.3 is 0 Å². The van der Waals surface area contributed by atoms with E-state index in [0.29, 0.717) is 41.8 Å². The van der Waals surface area contributed by atoms with Crippen molar-refractivity contribution in [3.05, 3.63) is 0 Å². The van der Waals surface area contributed by atoms with E-state index in [1.165, 1.54) is 25.7 Å².